The maximum atomic E-state index is 11.5. The van der Waals surface area contributed by atoms with Crippen molar-refractivity contribution >= 4 is 5.91 Å². The predicted octanol–water partition coefficient (Wildman–Crippen LogP) is 2.25. The van der Waals surface area contributed by atoms with E-state index >= 15 is 0 Å². The minimum Gasteiger partial charge on any atom is -0.467 e. The molecule has 0 bridgehead atoms. The monoisotopic (exact) mass is 205 g/mol. The topological polar surface area (TPSA) is 42.2 Å². The Morgan fingerprint density at radius 1 is 1.60 bits per heavy atom. The van der Waals surface area contributed by atoms with E-state index < -0.39 is 0 Å². The van der Waals surface area contributed by atoms with Crippen LogP contribution in [0.2, 0.25) is 0 Å². The molecule has 0 spiro atoms. The average molecular weight is 205 g/mol. The lowest BCUT2D eigenvalue weighted by Gasteiger charge is -2.07. The molecule has 80 valence electrons. The molecule has 1 aliphatic carbocycles. The van der Waals surface area contributed by atoms with Gasteiger partial charge in [-0.2, -0.15) is 0 Å². The number of furan rings is 1. The second-order valence-corrected chi connectivity index (χ2v) is 3.83. The number of nitrogens with one attached hydrogen (secondary N) is 1. The Labute approximate surface area is 89.2 Å². The van der Waals surface area contributed by atoms with Crippen LogP contribution >= 0.6 is 0 Å². The fourth-order valence-electron chi connectivity index (χ4n) is 1.77. The van der Waals surface area contributed by atoms with Gasteiger partial charge in [0.1, 0.15) is 5.76 Å². The van der Waals surface area contributed by atoms with Crippen LogP contribution in [-0.4, -0.2) is 5.91 Å². The van der Waals surface area contributed by atoms with Crippen LogP contribution in [0.15, 0.2) is 35.0 Å². The molecule has 1 atom stereocenters. The predicted molar refractivity (Wildman–Crippen MR) is 57.0 cm³/mol. The maximum Gasteiger partial charge on any atom is 0.220 e. The van der Waals surface area contributed by atoms with E-state index in [1.54, 1.807) is 6.26 Å². The normalized spacial score (nSPS) is 19.3. The molecule has 0 radical (unpaired) electrons. The SMILES string of the molecule is O=C(C[C@@H]1C=CCC1)NCc1ccco1. The van der Waals surface area contributed by atoms with Crippen molar-refractivity contribution in [3.8, 4) is 0 Å². The molecule has 1 aromatic rings. The second kappa shape index (κ2) is 4.82. The number of carbonyl (C=O) groups is 1. The summed E-state index contributed by atoms with van der Waals surface area (Å²) in [6.45, 7) is 0.488. The minimum atomic E-state index is 0.1000. The summed E-state index contributed by atoms with van der Waals surface area (Å²) >= 11 is 0. The fraction of sp³-hybridized carbons (Fsp3) is 0.417. The Bertz CT molecular complexity index is 341. The minimum absolute atomic E-state index is 0.1000. The Kier molecular flexibility index (Phi) is 3.22. The van der Waals surface area contributed by atoms with Crippen molar-refractivity contribution in [3.05, 3.63) is 36.3 Å². The lowest BCUT2D eigenvalue weighted by Crippen LogP contribution is -2.24. The number of hydrogen-bond acceptors (Lipinski definition) is 2. The third-order valence-electron chi connectivity index (χ3n) is 2.60. The molecule has 0 saturated carbocycles. The summed E-state index contributed by atoms with van der Waals surface area (Å²) in [5.74, 6) is 1.33. The molecule has 1 amide bonds. The average Bonchev–Trinajstić information content (AvgIpc) is 2.86. The van der Waals surface area contributed by atoms with Gasteiger partial charge in [-0.05, 0) is 30.9 Å². The number of hydrogen-bond donors (Lipinski definition) is 1. The van der Waals surface area contributed by atoms with E-state index in [-0.39, 0.29) is 5.91 Å². The first-order valence-corrected chi connectivity index (χ1v) is 5.30. The Balaban J connectivity index is 1.70. The molecule has 1 heterocycles. The van der Waals surface area contributed by atoms with E-state index in [0.717, 1.165) is 18.6 Å². The molecular weight excluding hydrogens is 190 g/mol. The molecule has 1 N–H and O–H groups in total. The highest BCUT2D eigenvalue weighted by Crippen LogP contribution is 2.19. The van der Waals surface area contributed by atoms with Crippen molar-refractivity contribution in [3.63, 3.8) is 0 Å². The van der Waals surface area contributed by atoms with Gasteiger partial charge in [0.2, 0.25) is 5.91 Å². The largest absolute Gasteiger partial charge is 0.467 e. The Morgan fingerprint density at radius 2 is 2.53 bits per heavy atom. The Hall–Kier alpha value is -1.51. The van der Waals surface area contributed by atoms with Gasteiger partial charge in [0.25, 0.3) is 0 Å². The molecule has 1 aliphatic rings. The lowest BCUT2D eigenvalue weighted by atomic mass is 10.1. The van der Waals surface area contributed by atoms with E-state index in [9.17, 15) is 4.79 Å². The molecule has 0 saturated heterocycles. The summed E-state index contributed by atoms with van der Waals surface area (Å²) < 4.78 is 5.13. The summed E-state index contributed by atoms with van der Waals surface area (Å²) in [4.78, 5) is 11.5. The van der Waals surface area contributed by atoms with E-state index in [0.29, 0.717) is 18.9 Å². The standard InChI is InChI=1S/C12H15NO2/c14-12(8-10-4-1-2-5-10)13-9-11-6-3-7-15-11/h1,3-4,6-7,10H,2,5,8-9H2,(H,13,14)/t10-/m1/s1. The third-order valence-corrected chi connectivity index (χ3v) is 2.60. The van der Waals surface area contributed by atoms with Crippen molar-refractivity contribution < 1.29 is 9.21 Å². The van der Waals surface area contributed by atoms with Crippen molar-refractivity contribution in [2.45, 2.75) is 25.8 Å². The van der Waals surface area contributed by atoms with Crippen LogP contribution in [0.4, 0.5) is 0 Å². The highest BCUT2D eigenvalue weighted by atomic mass is 16.3. The van der Waals surface area contributed by atoms with Crippen molar-refractivity contribution in [1.82, 2.24) is 5.32 Å². The van der Waals surface area contributed by atoms with Crippen LogP contribution in [-0.2, 0) is 11.3 Å². The molecule has 3 nitrogen and oxygen atoms in total. The van der Waals surface area contributed by atoms with Gasteiger partial charge < -0.3 is 9.73 Å². The van der Waals surface area contributed by atoms with Gasteiger partial charge in [-0.15, -0.1) is 0 Å². The summed E-state index contributed by atoms with van der Waals surface area (Å²) in [5.41, 5.74) is 0. The van der Waals surface area contributed by atoms with E-state index in [4.69, 9.17) is 4.42 Å². The molecular formula is C12H15NO2. The summed E-state index contributed by atoms with van der Waals surface area (Å²) in [7, 11) is 0. The van der Waals surface area contributed by atoms with Crippen molar-refractivity contribution in [2.24, 2.45) is 5.92 Å². The van der Waals surface area contributed by atoms with Crippen LogP contribution in [0.25, 0.3) is 0 Å². The van der Waals surface area contributed by atoms with E-state index in [1.165, 1.54) is 0 Å². The molecule has 15 heavy (non-hydrogen) atoms. The highest BCUT2D eigenvalue weighted by molar-refractivity contribution is 5.76. The zero-order valence-electron chi connectivity index (χ0n) is 8.61. The van der Waals surface area contributed by atoms with Gasteiger partial charge in [-0.3, -0.25) is 4.79 Å². The van der Waals surface area contributed by atoms with E-state index in [1.807, 2.05) is 12.1 Å². The third kappa shape index (κ3) is 2.98. The van der Waals surface area contributed by atoms with Gasteiger partial charge in [-0.25, -0.2) is 0 Å². The molecule has 0 aliphatic heterocycles. The first kappa shape index (κ1) is 10.0. The van der Waals surface area contributed by atoms with Gasteiger partial charge in [-0.1, -0.05) is 12.2 Å². The summed E-state index contributed by atoms with van der Waals surface area (Å²) in [6, 6.07) is 3.68. The van der Waals surface area contributed by atoms with Crippen LogP contribution in [0.3, 0.4) is 0 Å². The molecule has 0 aromatic carbocycles. The molecule has 3 heteroatoms. The molecule has 2 rings (SSSR count). The quantitative estimate of drug-likeness (QED) is 0.766. The smallest absolute Gasteiger partial charge is 0.220 e. The lowest BCUT2D eigenvalue weighted by molar-refractivity contribution is -0.121. The van der Waals surface area contributed by atoms with Gasteiger partial charge in [0.05, 0.1) is 12.8 Å². The zero-order chi connectivity index (χ0) is 10.5. The summed E-state index contributed by atoms with van der Waals surface area (Å²) in [6.07, 6.45) is 8.69. The second-order valence-electron chi connectivity index (χ2n) is 3.83. The number of carbonyl (C=O) groups excluding carboxylic acids is 1. The van der Waals surface area contributed by atoms with Crippen molar-refractivity contribution in [1.29, 1.82) is 0 Å². The van der Waals surface area contributed by atoms with Crippen LogP contribution < -0.4 is 5.32 Å². The van der Waals surface area contributed by atoms with Gasteiger partial charge in [0.15, 0.2) is 0 Å². The van der Waals surface area contributed by atoms with Crippen molar-refractivity contribution in [2.75, 3.05) is 0 Å². The number of amides is 1. The number of rotatable bonds is 4. The number of allylic oxidation sites excluding steroid dienone is 2. The molecule has 0 fully saturated rings. The maximum absolute atomic E-state index is 11.5. The summed E-state index contributed by atoms with van der Waals surface area (Å²) in [5, 5.41) is 2.85. The van der Waals surface area contributed by atoms with Crippen LogP contribution in [0.5, 0.6) is 0 Å². The molecule has 0 unspecified atom stereocenters. The fourth-order valence-corrected chi connectivity index (χ4v) is 1.77. The van der Waals surface area contributed by atoms with Crippen LogP contribution in [0.1, 0.15) is 25.0 Å². The highest BCUT2D eigenvalue weighted by Gasteiger charge is 2.13. The Morgan fingerprint density at radius 3 is 3.20 bits per heavy atom. The first-order chi connectivity index (χ1) is 7.34. The van der Waals surface area contributed by atoms with E-state index in [2.05, 4.69) is 17.5 Å². The van der Waals surface area contributed by atoms with Gasteiger partial charge >= 0.3 is 0 Å². The van der Waals surface area contributed by atoms with Crippen LogP contribution in [0, 0.1) is 5.92 Å². The molecule has 1 aromatic heterocycles. The zero-order valence-corrected chi connectivity index (χ0v) is 8.61. The first-order valence-electron chi connectivity index (χ1n) is 5.30. The van der Waals surface area contributed by atoms with Gasteiger partial charge in [0, 0.05) is 6.42 Å².